The van der Waals surface area contributed by atoms with Crippen molar-refractivity contribution in [2.75, 3.05) is 5.73 Å². The smallest absolute Gasteiger partial charge is 0.336 e. The number of aromatic carboxylic acids is 1. The predicted molar refractivity (Wildman–Crippen MR) is 82.4 cm³/mol. The minimum Gasteiger partial charge on any atom is -0.478 e. The van der Waals surface area contributed by atoms with Gasteiger partial charge in [0, 0.05) is 16.1 Å². The second-order valence-electron chi connectivity index (χ2n) is 4.59. The van der Waals surface area contributed by atoms with Crippen molar-refractivity contribution in [3.63, 3.8) is 0 Å². The first-order valence-corrected chi connectivity index (χ1v) is 7.04. The molecule has 0 saturated heterocycles. The number of nitrogens with two attached hydrogens (primary N) is 1. The Morgan fingerprint density at radius 1 is 1.14 bits per heavy atom. The van der Waals surface area contributed by atoms with Gasteiger partial charge >= 0.3 is 5.97 Å². The van der Waals surface area contributed by atoms with E-state index in [-0.39, 0.29) is 11.3 Å². The van der Waals surface area contributed by atoms with Gasteiger partial charge in [0.15, 0.2) is 0 Å². The van der Waals surface area contributed by atoms with Crippen LogP contribution in [0.2, 0.25) is 0 Å². The van der Waals surface area contributed by atoms with Crippen LogP contribution in [0.4, 0.5) is 5.69 Å². The molecule has 0 aliphatic carbocycles. The summed E-state index contributed by atoms with van der Waals surface area (Å²) in [5.41, 5.74) is 7.73. The first-order chi connectivity index (χ1) is 10.1. The van der Waals surface area contributed by atoms with Crippen LogP contribution in [-0.4, -0.2) is 16.9 Å². The van der Waals surface area contributed by atoms with Crippen LogP contribution in [0.5, 0.6) is 0 Å². The molecule has 4 nitrogen and oxygen atoms in total. The van der Waals surface area contributed by atoms with E-state index in [4.69, 9.17) is 5.73 Å². The number of hydrogen-bond donors (Lipinski definition) is 2. The number of ketones is 1. The lowest BCUT2D eigenvalue weighted by atomic mass is 10.1. The highest BCUT2D eigenvalue weighted by Crippen LogP contribution is 2.42. The van der Waals surface area contributed by atoms with Gasteiger partial charge in [-0.15, -0.1) is 0 Å². The van der Waals surface area contributed by atoms with Gasteiger partial charge in [0.1, 0.15) is 0 Å². The molecule has 0 radical (unpaired) electrons. The van der Waals surface area contributed by atoms with E-state index in [0.717, 1.165) is 5.56 Å². The normalized spacial score (nSPS) is 15.2. The third kappa shape index (κ3) is 2.43. The van der Waals surface area contributed by atoms with Crippen molar-refractivity contribution in [2.45, 2.75) is 4.90 Å². The van der Waals surface area contributed by atoms with E-state index >= 15 is 0 Å². The van der Waals surface area contributed by atoms with Crippen LogP contribution in [0.15, 0.2) is 52.3 Å². The van der Waals surface area contributed by atoms with Crippen LogP contribution in [0, 0.1) is 0 Å². The Morgan fingerprint density at radius 3 is 2.52 bits per heavy atom. The molecular weight excluding hydrogens is 286 g/mol. The Balaban J connectivity index is 2.02. The minimum atomic E-state index is -1.03. The van der Waals surface area contributed by atoms with E-state index in [1.165, 1.54) is 17.8 Å². The van der Waals surface area contributed by atoms with Crippen LogP contribution in [0.3, 0.4) is 0 Å². The van der Waals surface area contributed by atoms with Gasteiger partial charge in [-0.2, -0.15) is 0 Å². The number of carbonyl (C=O) groups excluding carboxylic acids is 1. The Labute approximate surface area is 125 Å². The van der Waals surface area contributed by atoms with Crippen molar-refractivity contribution in [3.8, 4) is 0 Å². The highest BCUT2D eigenvalue weighted by Gasteiger charge is 2.29. The molecule has 104 valence electrons. The van der Waals surface area contributed by atoms with Crippen LogP contribution in [0.1, 0.15) is 26.3 Å². The van der Waals surface area contributed by atoms with Crippen LogP contribution >= 0.6 is 11.8 Å². The molecule has 0 fully saturated rings. The Bertz CT molecular complexity index is 779. The molecule has 3 N–H and O–H groups in total. The van der Waals surface area contributed by atoms with Crippen molar-refractivity contribution >= 4 is 35.3 Å². The number of Topliss-reactive ketones (excluding diaryl/α,β-unsaturated/α-hetero) is 1. The summed E-state index contributed by atoms with van der Waals surface area (Å²) in [6.07, 6.45) is 1.75. The van der Waals surface area contributed by atoms with Gasteiger partial charge in [-0.3, -0.25) is 4.79 Å². The molecule has 0 amide bonds. The molecule has 0 spiro atoms. The number of anilines is 1. The van der Waals surface area contributed by atoms with Crippen molar-refractivity contribution in [3.05, 3.63) is 64.1 Å². The number of benzene rings is 2. The molecule has 0 unspecified atom stereocenters. The fourth-order valence-corrected chi connectivity index (χ4v) is 3.28. The molecule has 1 heterocycles. The van der Waals surface area contributed by atoms with Gasteiger partial charge in [-0.25, -0.2) is 4.79 Å². The molecule has 0 atom stereocenters. The van der Waals surface area contributed by atoms with Crippen LogP contribution < -0.4 is 5.73 Å². The van der Waals surface area contributed by atoms with E-state index < -0.39 is 5.97 Å². The summed E-state index contributed by atoms with van der Waals surface area (Å²) in [5, 5.41) is 9.18. The molecule has 2 aromatic rings. The molecule has 0 saturated carbocycles. The molecule has 2 aromatic carbocycles. The summed E-state index contributed by atoms with van der Waals surface area (Å²) in [7, 11) is 0. The average Bonchev–Trinajstić information content (AvgIpc) is 2.78. The zero-order valence-corrected chi connectivity index (χ0v) is 11.7. The minimum absolute atomic E-state index is 0.144. The van der Waals surface area contributed by atoms with Gasteiger partial charge in [0.05, 0.1) is 10.5 Å². The lowest BCUT2D eigenvalue weighted by Gasteiger charge is -2.00. The molecule has 5 heteroatoms. The van der Waals surface area contributed by atoms with E-state index in [2.05, 4.69) is 0 Å². The summed E-state index contributed by atoms with van der Waals surface area (Å²) in [5.74, 6) is -1.17. The van der Waals surface area contributed by atoms with Gasteiger partial charge in [0.25, 0.3) is 0 Å². The Hall–Kier alpha value is -2.53. The van der Waals surface area contributed by atoms with E-state index in [1.807, 2.05) is 12.1 Å². The SMILES string of the molecule is Nc1ccc(/C=C2/Sc3c(C(=O)O)cccc3C2=O)cc1. The monoisotopic (exact) mass is 297 g/mol. The predicted octanol–water partition coefficient (Wildman–Crippen LogP) is 3.30. The molecule has 21 heavy (non-hydrogen) atoms. The molecule has 0 bridgehead atoms. The standard InChI is InChI=1S/C16H11NO3S/c17-10-6-4-9(5-7-10)8-13-14(18)11-2-1-3-12(16(19)20)15(11)21-13/h1-8H,17H2,(H,19,20)/b13-8+. The number of fused-ring (bicyclic) bond motifs is 1. The summed E-state index contributed by atoms with van der Waals surface area (Å²) < 4.78 is 0. The van der Waals surface area contributed by atoms with E-state index in [9.17, 15) is 14.7 Å². The average molecular weight is 297 g/mol. The van der Waals surface area contributed by atoms with Gasteiger partial charge in [-0.05, 0) is 35.9 Å². The molecule has 1 aliphatic heterocycles. The fourth-order valence-electron chi connectivity index (χ4n) is 2.12. The maximum Gasteiger partial charge on any atom is 0.336 e. The number of thioether (sulfide) groups is 1. The van der Waals surface area contributed by atoms with Crippen molar-refractivity contribution in [1.29, 1.82) is 0 Å². The molecule has 0 aromatic heterocycles. The van der Waals surface area contributed by atoms with Gasteiger partial charge in [0.2, 0.25) is 5.78 Å². The maximum absolute atomic E-state index is 12.3. The lowest BCUT2D eigenvalue weighted by molar-refractivity contribution is 0.0693. The molecular formula is C16H11NO3S. The number of nitrogen functional groups attached to an aromatic ring is 1. The number of allylic oxidation sites excluding steroid dienone is 1. The summed E-state index contributed by atoms with van der Waals surface area (Å²) in [4.78, 5) is 24.6. The number of hydrogen-bond acceptors (Lipinski definition) is 4. The third-order valence-electron chi connectivity index (χ3n) is 3.16. The summed E-state index contributed by atoms with van der Waals surface area (Å²) in [6.45, 7) is 0. The fraction of sp³-hybridized carbons (Fsp3) is 0. The van der Waals surface area contributed by atoms with Crippen molar-refractivity contribution in [1.82, 2.24) is 0 Å². The number of carboxylic acid groups (broad SMARTS) is 1. The second-order valence-corrected chi connectivity index (χ2v) is 5.65. The number of carboxylic acids is 1. The highest BCUT2D eigenvalue weighted by molar-refractivity contribution is 8.05. The summed E-state index contributed by atoms with van der Waals surface area (Å²) in [6, 6.07) is 11.9. The summed E-state index contributed by atoms with van der Waals surface area (Å²) >= 11 is 1.20. The Kier molecular flexibility index (Phi) is 3.27. The number of rotatable bonds is 2. The van der Waals surface area contributed by atoms with Crippen LogP contribution in [0.25, 0.3) is 6.08 Å². The second kappa shape index (κ2) is 5.10. The first kappa shape index (κ1) is 13.5. The van der Waals surface area contributed by atoms with Gasteiger partial charge in [-0.1, -0.05) is 30.0 Å². The zero-order chi connectivity index (χ0) is 15.0. The first-order valence-electron chi connectivity index (χ1n) is 6.22. The largest absolute Gasteiger partial charge is 0.478 e. The maximum atomic E-state index is 12.3. The highest BCUT2D eigenvalue weighted by atomic mass is 32.2. The van der Waals surface area contributed by atoms with Crippen molar-refractivity contribution in [2.24, 2.45) is 0 Å². The molecule has 1 aliphatic rings. The topological polar surface area (TPSA) is 80.4 Å². The number of carbonyl (C=O) groups is 2. The van der Waals surface area contributed by atoms with E-state index in [0.29, 0.717) is 21.1 Å². The zero-order valence-electron chi connectivity index (χ0n) is 10.9. The van der Waals surface area contributed by atoms with E-state index in [1.54, 1.807) is 30.3 Å². The lowest BCUT2D eigenvalue weighted by Crippen LogP contribution is -2.00. The van der Waals surface area contributed by atoms with Crippen molar-refractivity contribution < 1.29 is 14.7 Å². The third-order valence-corrected chi connectivity index (χ3v) is 4.33. The molecule has 3 rings (SSSR count). The Morgan fingerprint density at radius 2 is 1.86 bits per heavy atom. The van der Waals surface area contributed by atoms with Gasteiger partial charge < -0.3 is 10.8 Å². The van der Waals surface area contributed by atoms with Crippen LogP contribution in [-0.2, 0) is 0 Å². The quantitative estimate of drug-likeness (QED) is 0.656.